The number of halogens is 2. The molecule has 16 heavy (non-hydrogen) atoms. The predicted molar refractivity (Wildman–Crippen MR) is 69.7 cm³/mol. The standard InChI is InChI=1S/C11H15ClN2O.ClH/c1-14-3-2-7-4-8(10(13)6-15)5-9(12)11(7)14;/h4-5,10,15H,2-3,6,13H2,1H3;1H/t10-;/m1./s1. The molecule has 0 bridgehead atoms. The van der Waals surface area contributed by atoms with Crippen LogP contribution in [0, 0.1) is 0 Å². The molecular formula is C11H16Cl2N2O. The van der Waals surface area contributed by atoms with Crippen molar-refractivity contribution in [3.63, 3.8) is 0 Å². The molecule has 0 amide bonds. The number of rotatable bonds is 2. The Balaban J connectivity index is 0.00000128. The zero-order valence-electron chi connectivity index (χ0n) is 9.11. The zero-order valence-corrected chi connectivity index (χ0v) is 10.7. The molecule has 0 saturated carbocycles. The van der Waals surface area contributed by atoms with Crippen LogP contribution in [0.25, 0.3) is 0 Å². The second-order valence-electron chi connectivity index (χ2n) is 3.97. The summed E-state index contributed by atoms with van der Waals surface area (Å²) in [6, 6.07) is 3.56. The molecule has 1 aromatic carbocycles. The number of hydrogen-bond acceptors (Lipinski definition) is 3. The van der Waals surface area contributed by atoms with Gasteiger partial charge in [-0.3, -0.25) is 0 Å². The van der Waals surface area contributed by atoms with Gasteiger partial charge in [-0.2, -0.15) is 0 Å². The number of nitrogens with two attached hydrogens (primary N) is 1. The molecule has 1 atom stereocenters. The van der Waals surface area contributed by atoms with Gasteiger partial charge in [-0.25, -0.2) is 0 Å². The fraction of sp³-hybridized carbons (Fsp3) is 0.455. The number of fused-ring (bicyclic) bond motifs is 1. The Bertz CT molecular complexity index is 384. The first kappa shape index (κ1) is 13.6. The topological polar surface area (TPSA) is 49.5 Å². The van der Waals surface area contributed by atoms with Crippen LogP contribution in [0.1, 0.15) is 17.2 Å². The lowest BCUT2D eigenvalue weighted by Gasteiger charge is -2.16. The highest BCUT2D eigenvalue weighted by molar-refractivity contribution is 6.33. The van der Waals surface area contributed by atoms with Crippen molar-refractivity contribution >= 4 is 29.7 Å². The summed E-state index contributed by atoms with van der Waals surface area (Å²) >= 11 is 6.19. The van der Waals surface area contributed by atoms with E-state index >= 15 is 0 Å². The first-order valence-corrected chi connectivity index (χ1v) is 5.41. The normalized spacial score (nSPS) is 15.6. The van der Waals surface area contributed by atoms with E-state index in [-0.39, 0.29) is 25.1 Å². The Hall–Kier alpha value is -0.480. The van der Waals surface area contributed by atoms with Gasteiger partial charge in [-0.05, 0) is 23.6 Å². The number of benzene rings is 1. The third kappa shape index (κ3) is 2.28. The Morgan fingerprint density at radius 3 is 2.88 bits per heavy atom. The number of aliphatic hydroxyl groups is 1. The summed E-state index contributed by atoms with van der Waals surface area (Å²) < 4.78 is 0. The van der Waals surface area contributed by atoms with Crippen LogP contribution >= 0.6 is 24.0 Å². The third-order valence-corrected chi connectivity index (χ3v) is 3.18. The van der Waals surface area contributed by atoms with Gasteiger partial charge in [-0.1, -0.05) is 17.7 Å². The molecule has 3 N–H and O–H groups in total. The van der Waals surface area contributed by atoms with Gasteiger partial charge in [0.2, 0.25) is 0 Å². The van der Waals surface area contributed by atoms with E-state index in [0.29, 0.717) is 0 Å². The Morgan fingerprint density at radius 2 is 2.25 bits per heavy atom. The van der Waals surface area contributed by atoms with Gasteiger partial charge in [0.25, 0.3) is 0 Å². The van der Waals surface area contributed by atoms with Gasteiger partial charge in [0, 0.05) is 13.6 Å². The molecule has 5 heteroatoms. The van der Waals surface area contributed by atoms with Crippen molar-refractivity contribution in [3.8, 4) is 0 Å². The minimum atomic E-state index is -0.335. The van der Waals surface area contributed by atoms with Crippen LogP contribution in [-0.2, 0) is 6.42 Å². The van der Waals surface area contributed by atoms with E-state index in [0.717, 1.165) is 29.2 Å². The van der Waals surface area contributed by atoms with Crippen molar-refractivity contribution in [2.24, 2.45) is 5.73 Å². The van der Waals surface area contributed by atoms with E-state index in [1.807, 2.05) is 19.2 Å². The second kappa shape index (κ2) is 5.23. The maximum Gasteiger partial charge on any atom is 0.0645 e. The van der Waals surface area contributed by atoms with Gasteiger partial charge in [0.15, 0.2) is 0 Å². The maximum atomic E-state index is 9.00. The highest BCUT2D eigenvalue weighted by Gasteiger charge is 2.20. The third-order valence-electron chi connectivity index (χ3n) is 2.89. The van der Waals surface area contributed by atoms with Gasteiger partial charge >= 0.3 is 0 Å². The van der Waals surface area contributed by atoms with Crippen molar-refractivity contribution in [3.05, 3.63) is 28.3 Å². The van der Waals surface area contributed by atoms with E-state index in [2.05, 4.69) is 4.90 Å². The summed E-state index contributed by atoms with van der Waals surface area (Å²) in [7, 11) is 2.03. The number of anilines is 1. The van der Waals surface area contributed by atoms with Crippen LogP contribution in [0.15, 0.2) is 12.1 Å². The summed E-state index contributed by atoms with van der Waals surface area (Å²) in [4.78, 5) is 2.14. The smallest absolute Gasteiger partial charge is 0.0645 e. The molecule has 0 fully saturated rings. The lowest BCUT2D eigenvalue weighted by atomic mass is 10.0. The number of likely N-dealkylation sites (N-methyl/N-ethyl adjacent to an activating group) is 1. The fourth-order valence-electron chi connectivity index (χ4n) is 2.02. The van der Waals surface area contributed by atoms with Crippen LogP contribution in [0.4, 0.5) is 5.69 Å². The van der Waals surface area contributed by atoms with E-state index < -0.39 is 0 Å². The van der Waals surface area contributed by atoms with Crippen molar-refractivity contribution in [1.29, 1.82) is 0 Å². The van der Waals surface area contributed by atoms with E-state index in [4.69, 9.17) is 22.4 Å². The van der Waals surface area contributed by atoms with Crippen molar-refractivity contribution in [2.45, 2.75) is 12.5 Å². The van der Waals surface area contributed by atoms with E-state index in [9.17, 15) is 0 Å². The number of aliphatic hydroxyl groups excluding tert-OH is 1. The van der Waals surface area contributed by atoms with E-state index in [1.54, 1.807) is 0 Å². The van der Waals surface area contributed by atoms with Crippen LogP contribution < -0.4 is 10.6 Å². The van der Waals surface area contributed by atoms with Crippen molar-refractivity contribution in [1.82, 2.24) is 0 Å². The average Bonchev–Trinajstić information content (AvgIpc) is 2.59. The molecule has 90 valence electrons. The van der Waals surface area contributed by atoms with E-state index in [1.165, 1.54) is 5.56 Å². The Kier molecular flexibility index (Phi) is 4.44. The lowest BCUT2D eigenvalue weighted by Crippen LogP contribution is -2.15. The molecule has 1 aromatic rings. The SMILES string of the molecule is CN1CCc2cc([C@H](N)CO)cc(Cl)c21.Cl. The largest absolute Gasteiger partial charge is 0.394 e. The van der Waals surface area contributed by atoms with Crippen LogP contribution in [0.3, 0.4) is 0 Å². The number of nitrogens with zero attached hydrogens (tertiary/aromatic N) is 1. The molecule has 1 heterocycles. The van der Waals surface area contributed by atoms with Crippen LogP contribution in [-0.4, -0.2) is 25.3 Å². The first-order chi connectivity index (χ1) is 7.13. The van der Waals surface area contributed by atoms with Crippen LogP contribution in [0.2, 0.25) is 5.02 Å². The highest BCUT2D eigenvalue weighted by atomic mass is 35.5. The maximum absolute atomic E-state index is 9.00. The average molecular weight is 263 g/mol. The zero-order chi connectivity index (χ0) is 11.0. The molecule has 1 aliphatic rings. The summed E-state index contributed by atoms with van der Waals surface area (Å²) in [5.41, 5.74) is 9.01. The van der Waals surface area contributed by atoms with Crippen molar-refractivity contribution in [2.75, 3.05) is 25.1 Å². The lowest BCUT2D eigenvalue weighted by molar-refractivity contribution is 0.268. The summed E-state index contributed by atoms with van der Waals surface area (Å²) in [6.07, 6.45) is 0.998. The highest BCUT2D eigenvalue weighted by Crippen LogP contribution is 2.36. The first-order valence-electron chi connectivity index (χ1n) is 5.03. The summed E-state index contributed by atoms with van der Waals surface area (Å²) in [5.74, 6) is 0. The molecule has 0 radical (unpaired) electrons. The van der Waals surface area contributed by atoms with Crippen LogP contribution in [0.5, 0.6) is 0 Å². The molecule has 2 rings (SSSR count). The summed E-state index contributed by atoms with van der Waals surface area (Å²) in [5, 5.41) is 9.73. The molecular weight excluding hydrogens is 247 g/mol. The summed E-state index contributed by atoms with van der Waals surface area (Å²) in [6.45, 7) is 0.942. The van der Waals surface area contributed by atoms with Gasteiger partial charge in [0.05, 0.1) is 23.4 Å². The second-order valence-corrected chi connectivity index (χ2v) is 4.38. The quantitative estimate of drug-likeness (QED) is 0.854. The fourth-order valence-corrected chi connectivity index (χ4v) is 2.41. The molecule has 0 aliphatic carbocycles. The monoisotopic (exact) mass is 262 g/mol. The van der Waals surface area contributed by atoms with Gasteiger partial charge in [-0.15, -0.1) is 12.4 Å². The minimum Gasteiger partial charge on any atom is -0.394 e. The molecule has 0 spiro atoms. The number of hydrogen-bond donors (Lipinski definition) is 2. The van der Waals surface area contributed by atoms with Crippen molar-refractivity contribution < 1.29 is 5.11 Å². The van der Waals surface area contributed by atoms with Gasteiger partial charge in [0.1, 0.15) is 0 Å². The molecule has 0 saturated heterocycles. The molecule has 3 nitrogen and oxygen atoms in total. The predicted octanol–water partition coefficient (Wildman–Crippen LogP) is 1.75. The molecule has 1 aliphatic heterocycles. The Morgan fingerprint density at radius 1 is 1.56 bits per heavy atom. The molecule has 0 unspecified atom stereocenters. The van der Waals surface area contributed by atoms with Gasteiger partial charge < -0.3 is 15.7 Å². The molecule has 0 aromatic heterocycles. The Labute approximate surface area is 107 Å². The minimum absolute atomic E-state index is 0.